The largest absolute Gasteiger partial charge is 0.361 e. The Morgan fingerprint density at radius 3 is 1.28 bits per heavy atom. The number of rotatable bonds is 12. The highest BCUT2D eigenvalue weighted by atomic mass is 32.9. The molecule has 1 rings (SSSR count). The summed E-state index contributed by atoms with van der Waals surface area (Å²) in [5, 5.41) is 0. The molecule has 3 atom stereocenters. The van der Waals surface area contributed by atoms with Gasteiger partial charge in [-0.05, 0) is 74.1 Å². The maximum absolute atomic E-state index is 5.86. The Kier molecular flexibility index (Phi) is 15.5. The molecule has 1 saturated heterocycles. The summed E-state index contributed by atoms with van der Waals surface area (Å²) in [7, 11) is 0. The van der Waals surface area contributed by atoms with E-state index in [-0.39, 0.29) is 20.8 Å². The van der Waals surface area contributed by atoms with E-state index < -0.39 is 11.4 Å². The Morgan fingerprint density at radius 1 is 0.760 bits per heavy atom. The van der Waals surface area contributed by atoms with Crippen LogP contribution in [0.2, 0.25) is 0 Å². The standard InChI is InChI=1S/C12H26O6P2S4.H3P/c1-5-15-19(21,16-6-2)23-11-12(14-10-9-13-11)24-20(22,17-7-3)18-8-4;/h11-12H,5-10H2,1-4H3;1H3. The lowest BCUT2D eigenvalue weighted by molar-refractivity contribution is -0.0654. The Hall–Kier alpha value is 2.19. The van der Waals surface area contributed by atoms with Gasteiger partial charge in [0.25, 0.3) is 0 Å². The molecule has 0 amide bonds. The maximum atomic E-state index is 5.86. The van der Waals surface area contributed by atoms with Gasteiger partial charge in [0.2, 0.25) is 11.4 Å². The fourth-order valence-electron chi connectivity index (χ4n) is 1.73. The highest BCUT2D eigenvalue weighted by Crippen LogP contribution is 2.68. The van der Waals surface area contributed by atoms with E-state index in [1.165, 1.54) is 22.8 Å². The molecule has 1 aliphatic rings. The van der Waals surface area contributed by atoms with Gasteiger partial charge in [-0.1, -0.05) is 0 Å². The van der Waals surface area contributed by atoms with Crippen LogP contribution in [0, 0.1) is 0 Å². The Bertz CT molecular complexity index is 399. The molecule has 0 spiro atoms. The molecule has 13 heteroatoms. The second-order valence-electron chi connectivity index (χ2n) is 4.25. The van der Waals surface area contributed by atoms with Gasteiger partial charge in [0.15, 0.2) is 0 Å². The van der Waals surface area contributed by atoms with Crippen LogP contribution in [0.25, 0.3) is 0 Å². The van der Waals surface area contributed by atoms with E-state index in [1.54, 1.807) is 0 Å². The lowest BCUT2D eigenvalue weighted by Crippen LogP contribution is -2.34. The smallest absolute Gasteiger partial charge is 0.249 e. The van der Waals surface area contributed by atoms with E-state index in [0.29, 0.717) is 39.6 Å². The highest BCUT2D eigenvalue weighted by Gasteiger charge is 2.38. The van der Waals surface area contributed by atoms with Crippen molar-refractivity contribution >= 4 is 67.7 Å². The third-order valence-corrected chi connectivity index (χ3v) is 13.5. The lowest BCUT2D eigenvalue weighted by Gasteiger charge is -2.35. The zero-order valence-corrected chi connectivity index (χ0v) is 21.6. The van der Waals surface area contributed by atoms with Crippen LogP contribution < -0.4 is 0 Å². The Morgan fingerprint density at radius 2 is 1.04 bits per heavy atom. The molecule has 0 saturated carbocycles. The van der Waals surface area contributed by atoms with Crippen LogP contribution in [-0.2, 0) is 51.2 Å². The molecule has 6 nitrogen and oxygen atoms in total. The Labute approximate surface area is 173 Å². The average Bonchev–Trinajstić information content (AvgIpc) is 2.50. The van der Waals surface area contributed by atoms with Crippen molar-refractivity contribution in [1.82, 2.24) is 0 Å². The molecule has 0 aromatic heterocycles. The first-order chi connectivity index (χ1) is 11.4. The summed E-state index contributed by atoms with van der Waals surface area (Å²) in [6, 6.07) is 0. The summed E-state index contributed by atoms with van der Waals surface area (Å²) < 4.78 is 34.5. The first-order valence-corrected chi connectivity index (χ1v) is 16.0. The third kappa shape index (κ3) is 9.98. The number of hydrogen-bond donors (Lipinski definition) is 0. The minimum Gasteiger partial charge on any atom is -0.361 e. The van der Waals surface area contributed by atoms with Gasteiger partial charge in [-0.2, -0.15) is 9.90 Å². The van der Waals surface area contributed by atoms with Crippen LogP contribution >= 0.6 is 44.0 Å². The van der Waals surface area contributed by atoms with Crippen molar-refractivity contribution in [3.8, 4) is 0 Å². The molecular weight excluding hydrogens is 461 g/mol. The Balaban J connectivity index is 0.00000576. The molecule has 0 bridgehead atoms. The van der Waals surface area contributed by atoms with Crippen LogP contribution in [0.4, 0.5) is 0 Å². The normalized spacial score (nSPS) is 21.8. The maximum Gasteiger partial charge on any atom is 0.249 e. The minimum atomic E-state index is -2.49. The van der Waals surface area contributed by atoms with Crippen LogP contribution in [0.15, 0.2) is 0 Å². The fraction of sp³-hybridized carbons (Fsp3) is 1.00. The second-order valence-corrected chi connectivity index (χ2v) is 16.8. The van der Waals surface area contributed by atoms with Gasteiger partial charge in [-0.3, -0.25) is 0 Å². The lowest BCUT2D eigenvalue weighted by atomic mass is 10.6. The van der Waals surface area contributed by atoms with Crippen molar-refractivity contribution in [3.63, 3.8) is 0 Å². The van der Waals surface area contributed by atoms with Gasteiger partial charge in [0.1, 0.15) is 10.9 Å². The fourth-order valence-corrected chi connectivity index (χ4v) is 12.7. The summed E-state index contributed by atoms with van der Waals surface area (Å²) in [4.78, 5) is 0. The van der Waals surface area contributed by atoms with E-state index in [1.807, 2.05) is 27.7 Å². The molecule has 0 radical (unpaired) electrons. The zero-order valence-electron chi connectivity index (χ0n) is 15.1. The number of hydrogen-bond acceptors (Lipinski definition) is 10. The molecule has 0 aromatic rings. The second kappa shape index (κ2) is 14.2. The summed E-state index contributed by atoms with van der Waals surface area (Å²) in [5.74, 6) is 0. The van der Waals surface area contributed by atoms with Crippen LogP contribution in [0.1, 0.15) is 27.7 Å². The van der Waals surface area contributed by atoms with Gasteiger partial charge < -0.3 is 27.6 Å². The molecule has 1 heterocycles. The first kappa shape index (κ1) is 27.2. The van der Waals surface area contributed by atoms with Crippen LogP contribution in [0.3, 0.4) is 0 Å². The minimum absolute atomic E-state index is 0. The van der Waals surface area contributed by atoms with Crippen molar-refractivity contribution in [2.24, 2.45) is 0 Å². The predicted molar refractivity (Wildman–Crippen MR) is 121 cm³/mol. The molecule has 1 aliphatic heterocycles. The van der Waals surface area contributed by atoms with Crippen molar-refractivity contribution in [2.45, 2.75) is 38.6 Å². The monoisotopic (exact) mass is 490 g/mol. The SMILES string of the molecule is CCOP(=S)(OCC)SC1OCCOC1SP(=S)(OCC)OCC.P. The summed E-state index contributed by atoms with van der Waals surface area (Å²) in [6.45, 7) is 10.5. The van der Waals surface area contributed by atoms with Crippen molar-refractivity contribution in [2.75, 3.05) is 39.6 Å². The number of ether oxygens (including phenoxy) is 2. The van der Waals surface area contributed by atoms with E-state index in [2.05, 4.69) is 0 Å². The molecule has 0 aromatic carbocycles. The van der Waals surface area contributed by atoms with E-state index in [0.717, 1.165) is 0 Å². The first-order valence-electron chi connectivity index (χ1n) is 7.80. The van der Waals surface area contributed by atoms with E-state index in [4.69, 9.17) is 51.2 Å². The third-order valence-electron chi connectivity index (χ3n) is 2.48. The van der Waals surface area contributed by atoms with Crippen molar-refractivity contribution in [3.05, 3.63) is 0 Å². The molecule has 3 unspecified atom stereocenters. The molecular formula is C12H29O6P3S4. The quantitative estimate of drug-likeness (QED) is 0.357. The van der Waals surface area contributed by atoms with E-state index >= 15 is 0 Å². The van der Waals surface area contributed by atoms with Gasteiger partial charge in [-0.15, -0.1) is 0 Å². The van der Waals surface area contributed by atoms with Gasteiger partial charge in [0.05, 0.1) is 39.6 Å². The topological polar surface area (TPSA) is 55.4 Å². The summed E-state index contributed by atoms with van der Waals surface area (Å²) >= 11 is 13.9. The highest BCUT2D eigenvalue weighted by molar-refractivity contribution is 8.69. The predicted octanol–water partition coefficient (Wildman–Crippen LogP) is 4.80. The van der Waals surface area contributed by atoms with Crippen LogP contribution in [-0.4, -0.2) is 50.5 Å². The van der Waals surface area contributed by atoms with Crippen molar-refractivity contribution in [1.29, 1.82) is 0 Å². The zero-order chi connectivity index (χ0) is 18.1. The summed E-state index contributed by atoms with van der Waals surface area (Å²) in [6.07, 6.45) is 0. The molecule has 25 heavy (non-hydrogen) atoms. The molecule has 0 N–H and O–H groups in total. The molecule has 152 valence electrons. The van der Waals surface area contributed by atoms with Gasteiger partial charge in [0, 0.05) is 0 Å². The van der Waals surface area contributed by atoms with Crippen LogP contribution in [0.5, 0.6) is 0 Å². The average molecular weight is 491 g/mol. The van der Waals surface area contributed by atoms with E-state index in [9.17, 15) is 0 Å². The van der Waals surface area contributed by atoms with Crippen molar-refractivity contribution < 1.29 is 27.6 Å². The molecule has 1 fully saturated rings. The summed E-state index contributed by atoms with van der Waals surface area (Å²) in [5.41, 5.74) is -5.66. The molecule has 0 aliphatic carbocycles. The van der Waals surface area contributed by atoms with Gasteiger partial charge in [-0.25, -0.2) is 0 Å². The van der Waals surface area contributed by atoms with Gasteiger partial charge >= 0.3 is 0 Å².